The number of carbonyl (C=O) groups excluding carboxylic acids is 1. The molecule has 108 valence electrons. The number of nitrogens with one attached hydrogen (secondary N) is 1. The molecule has 0 aliphatic carbocycles. The minimum atomic E-state index is -0.815. The molecule has 0 aromatic heterocycles. The zero-order valence-electron chi connectivity index (χ0n) is 11.1. The smallest absolute Gasteiger partial charge is 0.407 e. The molecule has 6 nitrogen and oxygen atoms in total. The van der Waals surface area contributed by atoms with Crippen molar-refractivity contribution in [3.63, 3.8) is 0 Å². The number of ether oxygens (including phenoxy) is 3. The molecule has 0 radical (unpaired) electrons. The predicted octanol–water partition coefficient (Wildman–Crippen LogP) is 0.534. The molecule has 0 spiro atoms. The average molecular weight is 281 g/mol. The van der Waals surface area contributed by atoms with E-state index in [4.69, 9.17) is 14.2 Å². The van der Waals surface area contributed by atoms with Crippen molar-refractivity contribution in [2.45, 2.75) is 13.3 Å². The summed E-state index contributed by atoms with van der Waals surface area (Å²) in [5.41, 5.74) is 0. The Labute approximate surface area is 111 Å². The van der Waals surface area contributed by atoms with Crippen LogP contribution in [0.1, 0.15) is 13.3 Å². The molecule has 0 aromatic carbocycles. The van der Waals surface area contributed by atoms with Gasteiger partial charge in [0.2, 0.25) is 0 Å². The predicted molar refractivity (Wildman–Crippen MR) is 70.2 cm³/mol. The lowest BCUT2D eigenvalue weighted by Gasteiger charge is -2.07. The van der Waals surface area contributed by atoms with Crippen LogP contribution < -0.4 is 5.32 Å². The van der Waals surface area contributed by atoms with E-state index in [2.05, 4.69) is 5.32 Å². The van der Waals surface area contributed by atoms with E-state index < -0.39 is 16.9 Å². The van der Waals surface area contributed by atoms with Crippen molar-refractivity contribution in [3.8, 4) is 0 Å². The molecule has 0 fully saturated rings. The maximum Gasteiger partial charge on any atom is 0.407 e. The lowest BCUT2D eigenvalue weighted by atomic mass is 10.5. The molecule has 7 heteroatoms. The molecular weight excluding hydrogens is 258 g/mol. The lowest BCUT2D eigenvalue weighted by Crippen LogP contribution is -2.27. The average Bonchev–Trinajstić information content (AvgIpc) is 2.33. The van der Waals surface area contributed by atoms with Crippen molar-refractivity contribution in [1.29, 1.82) is 0 Å². The van der Waals surface area contributed by atoms with Crippen LogP contribution in [-0.4, -0.2) is 61.9 Å². The maximum atomic E-state index is 11.1. The van der Waals surface area contributed by atoms with Crippen LogP contribution in [-0.2, 0) is 25.0 Å². The Kier molecular flexibility index (Phi) is 12.3. The van der Waals surface area contributed by atoms with E-state index in [1.807, 2.05) is 6.92 Å². The van der Waals surface area contributed by atoms with Gasteiger partial charge in [0.1, 0.15) is 6.61 Å². The SMILES string of the molecule is CCOCCOCCOC(=O)NCCCS(C)=O. The van der Waals surface area contributed by atoms with Crippen molar-refractivity contribution in [2.75, 3.05) is 51.6 Å². The molecule has 18 heavy (non-hydrogen) atoms. The van der Waals surface area contributed by atoms with E-state index in [1.165, 1.54) is 0 Å². The topological polar surface area (TPSA) is 73.9 Å². The van der Waals surface area contributed by atoms with Crippen LogP contribution in [0, 0.1) is 0 Å². The third-order valence-electron chi connectivity index (χ3n) is 1.91. The summed E-state index contributed by atoms with van der Waals surface area (Å²) in [4.78, 5) is 11.1. The normalized spacial score (nSPS) is 12.1. The molecule has 0 aliphatic rings. The molecule has 0 bridgehead atoms. The molecule has 0 saturated heterocycles. The van der Waals surface area contributed by atoms with Crippen LogP contribution in [0.3, 0.4) is 0 Å². The maximum absolute atomic E-state index is 11.1. The first-order valence-corrected chi connectivity index (χ1v) is 7.75. The van der Waals surface area contributed by atoms with Gasteiger partial charge in [0.25, 0.3) is 0 Å². The molecule has 0 rings (SSSR count). The second-order valence-corrected chi connectivity index (χ2v) is 5.06. The van der Waals surface area contributed by atoms with E-state index in [0.717, 1.165) is 0 Å². The summed E-state index contributed by atoms with van der Waals surface area (Å²) in [5.74, 6) is 0.584. The second kappa shape index (κ2) is 12.8. The van der Waals surface area contributed by atoms with Gasteiger partial charge in [-0.15, -0.1) is 0 Å². The molecule has 0 aromatic rings. The Balaban J connectivity index is 3.19. The molecule has 0 saturated carbocycles. The Morgan fingerprint density at radius 1 is 1.17 bits per heavy atom. The van der Waals surface area contributed by atoms with Crippen LogP contribution in [0.15, 0.2) is 0 Å². The number of alkyl carbamates (subject to hydrolysis) is 1. The Hall–Kier alpha value is -0.660. The quantitative estimate of drug-likeness (QED) is 0.559. The number of carbonyl (C=O) groups is 1. The molecule has 1 N–H and O–H groups in total. The fraction of sp³-hybridized carbons (Fsp3) is 0.909. The van der Waals surface area contributed by atoms with Crippen LogP contribution in [0.25, 0.3) is 0 Å². The van der Waals surface area contributed by atoms with Gasteiger partial charge < -0.3 is 19.5 Å². The van der Waals surface area contributed by atoms with Crippen LogP contribution in [0.4, 0.5) is 4.79 Å². The molecule has 1 unspecified atom stereocenters. The highest BCUT2D eigenvalue weighted by Gasteiger charge is 2.00. The van der Waals surface area contributed by atoms with Crippen molar-refractivity contribution >= 4 is 16.9 Å². The van der Waals surface area contributed by atoms with Crippen molar-refractivity contribution in [2.24, 2.45) is 0 Å². The molecular formula is C11H23NO5S. The second-order valence-electron chi connectivity index (χ2n) is 3.50. The monoisotopic (exact) mass is 281 g/mol. The summed E-state index contributed by atoms with van der Waals surface area (Å²) < 4.78 is 25.9. The number of rotatable bonds is 11. The van der Waals surface area contributed by atoms with Crippen LogP contribution in [0.5, 0.6) is 0 Å². The fourth-order valence-electron chi connectivity index (χ4n) is 1.07. The summed E-state index contributed by atoms with van der Waals surface area (Å²) in [7, 11) is -0.815. The third-order valence-corrected chi connectivity index (χ3v) is 2.78. The molecule has 0 aliphatic heterocycles. The van der Waals surface area contributed by atoms with Gasteiger partial charge in [0, 0.05) is 36.0 Å². The van der Waals surface area contributed by atoms with Gasteiger partial charge in [0.15, 0.2) is 0 Å². The summed E-state index contributed by atoms with van der Waals surface area (Å²) in [5, 5.41) is 2.57. The first-order chi connectivity index (χ1) is 8.66. The van der Waals surface area contributed by atoms with E-state index >= 15 is 0 Å². The van der Waals surface area contributed by atoms with Gasteiger partial charge in [-0.1, -0.05) is 0 Å². The van der Waals surface area contributed by atoms with Gasteiger partial charge >= 0.3 is 6.09 Å². The Morgan fingerprint density at radius 2 is 1.83 bits per heavy atom. The summed E-state index contributed by atoms with van der Waals surface area (Å²) >= 11 is 0. The van der Waals surface area contributed by atoms with Crippen molar-refractivity contribution in [1.82, 2.24) is 5.32 Å². The van der Waals surface area contributed by atoms with Gasteiger partial charge in [-0.25, -0.2) is 4.79 Å². The summed E-state index contributed by atoms with van der Waals surface area (Å²) in [6.07, 6.45) is 1.85. The minimum Gasteiger partial charge on any atom is -0.447 e. The highest BCUT2D eigenvalue weighted by molar-refractivity contribution is 7.84. The summed E-state index contributed by atoms with van der Waals surface area (Å²) in [6.45, 7) is 4.70. The lowest BCUT2D eigenvalue weighted by molar-refractivity contribution is 0.0314. The van der Waals surface area contributed by atoms with Gasteiger partial charge in [0.05, 0.1) is 19.8 Å². The van der Waals surface area contributed by atoms with Crippen LogP contribution >= 0.6 is 0 Å². The molecule has 0 heterocycles. The molecule has 1 atom stereocenters. The largest absolute Gasteiger partial charge is 0.447 e. The van der Waals surface area contributed by atoms with E-state index in [1.54, 1.807) is 6.26 Å². The fourth-order valence-corrected chi connectivity index (χ4v) is 1.63. The zero-order chi connectivity index (χ0) is 13.6. The Morgan fingerprint density at radius 3 is 2.50 bits per heavy atom. The van der Waals surface area contributed by atoms with E-state index in [-0.39, 0.29) is 6.61 Å². The molecule has 1 amide bonds. The first kappa shape index (κ1) is 17.3. The number of hydrogen-bond donors (Lipinski definition) is 1. The van der Waals surface area contributed by atoms with Gasteiger partial charge in [-0.05, 0) is 13.3 Å². The zero-order valence-corrected chi connectivity index (χ0v) is 11.9. The Bertz CT molecular complexity index is 237. The van der Waals surface area contributed by atoms with E-state index in [0.29, 0.717) is 45.1 Å². The van der Waals surface area contributed by atoms with Gasteiger partial charge in [-0.3, -0.25) is 4.21 Å². The standard InChI is InChI=1S/C11H23NO5S/c1-3-15-6-7-16-8-9-17-11(13)12-5-4-10-18(2)14/h3-10H2,1-2H3,(H,12,13). The van der Waals surface area contributed by atoms with Crippen molar-refractivity contribution < 1.29 is 23.2 Å². The number of hydrogen-bond acceptors (Lipinski definition) is 5. The number of amides is 1. The van der Waals surface area contributed by atoms with Gasteiger partial charge in [-0.2, -0.15) is 0 Å². The van der Waals surface area contributed by atoms with Crippen molar-refractivity contribution in [3.05, 3.63) is 0 Å². The third kappa shape index (κ3) is 13.4. The first-order valence-electron chi connectivity index (χ1n) is 6.03. The minimum absolute atomic E-state index is 0.220. The highest BCUT2D eigenvalue weighted by Crippen LogP contribution is 1.85. The van der Waals surface area contributed by atoms with E-state index in [9.17, 15) is 9.00 Å². The summed E-state index contributed by atoms with van der Waals surface area (Å²) in [6, 6.07) is 0. The highest BCUT2D eigenvalue weighted by atomic mass is 32.2. The van der Waals surface area contributed by atoms with Crippen LogP contribution in [0.2, 0.25) is 0 Å².